The minimum Gasteiger partial charge on any atom is -0.507 e. The summed E-state index contributed by atoms with van der Waals surface area (Å²) in [5.41, 5.74) is 5.12. The lowest BCUT2D eigenvalue weighted by atomic mass is 10.1. The summed E-state index contributed by atoms with van der Waals surface area (Å²) in [4.78, 5) is 16.3. The van der Waals surface area contributed by atoms with E-state index in [1.54, 1.807) is 30.5 Å². The van der Waals surface area contributed by atoms with Gasteiger partial charge in [0.2, 0.25) is 0 Å². The zero-order chi connectivity index (χ0) is 19.1. The molecule has 0 unspecified atom stereocenters. The standard InChI is InChI=1S/C21H16ClN3O2/c22-17-9-11-18(12-10-17)23-13-15-5-7-16(8-6-15)14-24-25-21(27)19-3-1-2-4-20(19)26/h1-14,26H,(H,25,27). The molecule has 1 amide bonds. The van der Waals surface area contributed by atoms with Crippen LogP contribution in [0.4, 0.5) is 5.69 Å². The van der Waals surface area contributed by atoms with E-state index >= 15 is 0 Å². The van der Waals surface area contributed by atoms with Gasteiger partial charge in [-0.25, -0.2) is 5.43 Å². The maximum atomic E-state index is 11.9. The van der Waals surface area contributed by atoms with Crippen LogP contribution in [-0.4, -0.2) is 23.4 Å². The van der Waals surface area contributed by atoms with E-state index in [1.807, 2.05) is 36.4 Å². The van der Waals surface area contributed by atoms with Gasteiger partial charge in [0.05, 0.1) is 17.5 Å². The Labute approximate surface area is 161 Å². The molecule has 6 heteroatoms. The number of hydrogen-bond donors (Lipinski definition) is 2. The van der Waals surface area contributed by atoms with E-state index < -0.39 is 5.91 Å². The molecule has 0 atom stereocenters. The van der Waals surface area contributed by atoms with E-state index in [4.69, 9.17) is 11.6 Å². The summed E-state index contributed by atoms with van der Waals surface area (Å²) in [6.45, 7) is 0. The van der Waals surface area contributed by atoms with Crippen molar-refractivity contribution in [2.24, 2.45) is 10.1 Å². The van der Waals surface area contributed by atoms with Gasteiger partial charge in [-0.2, -0.15) is 5.10 Å². The van der Waals surface area contributed by atoms with Crippen LogP contribution in [0.2, 0.25) is 5.02 Å². The number of benzene rings is 3. The van der Waals surface area contributed by atoms with Crippen molar-refractivity contribution in [1.29, 1.82) is 0 Å². The van der Waals surface area contributed by atoms with Gasteiger partial charge in [0, 0.05) is 11.2 Å². The fraction of sp³-hybridized carbons (Fsp3) is 0. The molecule has 0 aliphatic carbocycles. The number of rotatable bonds is 5. The monoisotopic (exact) mass is 377 g/mol. The summed E-state index contributed by atoms with van der Waals surface area (Å²) in [6.07, 6.45) is 3.28. The van der Waals surface area contributed by atoms with E-state index in [2.05, 4.69) is 15.5 Å². The summed E-state index contributed by atoms with van der Waals surface area (Å²) in [7, 11) is 0. The molecule has 0 aliphatic rings. The highest BCUT2D eigenvalue weighted by molar-refractivity contribution is 6.30. The number of hydrazone groups is 1. The van der Waals surface area contributed by atoms with Gasteiger partial charge < -0.3 is 5.11 Å². The van der Waals surface area contributed by atoms with Crippen molar-refractivity contribution in [2.75, 3.05) is 0 Å². The van der Waals surface area contributed by atoms with Crippen LogP contribution in [0.25, 0.3) is 0 Å². The molecule has 3 rings (SSSR count). The lowest BCUT2D eigenvalue weighted by molar-refractivity contribution is 0.0952. The van der Waals surface area contributed by atoms with Crippen LogP contribution >= 0.6 is 11.6 Å². The maximum absolute atomic E-state index is 11.9. The van der Waals surface area contributed by atoms with Gasteiger partial charge in [-0.15, -0.1) is 0 Å². The highest BCUT2D eigenvalue weighted by Gasteiger charge is 2.08. The average molecular weight is 378 g/mol. The van der Waals surface area contributed by atoms with Gasteiger partial charge >= 0.3 is 0 Å². The number of phenolic OH excluding ortho intramolecular Hbond substituents is 1. The number of halogens is 1. The summed E-state index contributed by atoms with van der Waals surface area (Å²) in [5.74, 6) is -0.564. The Morgan fingerprint density at radius 1 is 0.889 bits per heavy atom. The normalized spacial score (nSPS) is 11.1. The lowest BCUT2D eigenvalue weighted by Gasteiger charge is -2.02. The first-order chi connectivity index (χ1) is 13.1. The maximum Gasteiger partial charge on any atom is 0.275 e. The molecule has 2 N–H and O–H groups in total. The minimum absolute atomic E-state index is 0.0884. The number of carbonyl (C=O) groups is 1. The average Bonchev–Trinajstić information content (AvgIpc) is 2.69. The van der Waals surface area contributed by atoms with E-state index in [0.717, 1.165) is 16.8 Å². The molecular weight excluding hydrogens is 362 g/mol. The predicted molar refractivity (Wildman–Crippen MR) is 108 cm³/mol. The highest BCUT2D eigenvalue weighted by Crippen LogP contribution is 2.16. The third-order valence-corrected chi connectivity index (χ3v) is 3.91. The fourth-order valence-corrected chi connectivity index (χ4v) is 2.36. The lowest BCUT2D eigenvalue weighted by Crippen LogP contribution is -2.17. The van der Waals surface area contributed by atoms with Crippen LogP contribution in [0.3, 0.4) is 0 Å². The van der Waals surface area contributed by atoms with Gasteiger partial charge in [0.15, 0.2) is 0 Å². The minimum atomic E-state index is -0.476. The topological polar surface area (TPSA) is 74.0 Å². The number of nitrogens with one attached hydrogen (secondary N) is 1. The number of nitrogens with zero attached hydrogens (tertiary/aromatic N) is 2. The van der Waals surface area contributed by atoms with Crippen molar-refractivity contribution in [3.05, 3.63) is 94.5 Å². The van der Waals surface area contributed by atoms with Crippen molar-refractivity contribution < 1.29 is 9.90 Å². The second-order valence-corrected chi connectivity index (χ2v) is 6.05. The summed E-state index contributed by atoms with van der Waals surface area (Å²) in [6, 6.07) is 21.1. The zero-order valence-corrected chi connectivity index (χ0v) is 15.0. The molecule has 5 nitrogen and oxygen atoms in total. The van der Waals surface area contributed by atoms with Crippen molar-refractivity contribution in [1.82, 2.24) is 5.43 Å². The van der Waals surface area contributed by atoms with Crippen LogP contribution in [0.15, 0.2) is 82.9 Å². The van der Waals surface area contributed by atoms with Crippen LogP contribution in [-0.2, 0) is 0 Å². The zero-order valence-electron chi connectivity index (χ0n) is 14.2. The molecule has 0 spiro atoms. The first kappa shape index (κ1) is 18.4. The van der Waals surface area contributed by atoms with Gasteiger partial charge in [-0.1, -0.05) is 48.0 Å². The molecule has 0 aromatic heterocycles. The second-order valence-electron chi connectivity index (χ2n) is 5.62. The number of aliphatic imine (C=N–C) groups is 1. The van der Waals surface area contributed by atoms with Gasteiger partial charge in [-0.3, -0.25) is 9.79 Å². The van der Waals surface area contributed by atoms with Crippen molar-refractivity contribution in [2.45, 2.75) is 0 Å². The van der Waals surface area contributed by atoms with Crippen molar-refractivity contribution >= 4 is 35.6 Å². The Kier molecular flexibility index (Phi) is 5.97. The molecule has 27 heavy (non-hydrogen) atoms. The molecule has 0 saturated carbocycles. The smallest absolute Gasteiger partial charge is 0.275 e. The van der Waals surface area contributed by atoms with Crippen molar-refractivity contribution in [3.63, 3.8) is 0 Å². The van der Waals surface area contributed by atoms with E-state index in [1.165, 1.54) is 18.3 Å². The largest absolute Gasteiger partial charge is 0.507 e. The Bertz CT molecular complexity index is 981. The number of hydrogen-bond acceptors (Lipinski definition) is 4. The number of amides is 1. The first-order valence-electron chi connectivity index (χ1n) is 8.13. The third-order valence-electron chi connectivity index (χ3n) is 3.65. The molecule has 134 valence electrons. The third kappa shape index (κ3) is 5.26. The summed E-state index contributed by atoms with van der Waals surface area (Å²) in [5, 5.41) is 14.2. The quantitative estimate of drug-likeness (QED) is 0.505. The van der Waals surface area contributed by atoms with E-state index in [0.29, 0.717) is 5.02 Å². The highest BCUT2D eigenvalue weighted by atomic mass is 35.5. The number of aromatic hydroxyl groups is 1. The molecule has 3 aromatic carbocycles. The Morgan fingerprint density at radius 3 is 2.19 bits per heavy atom. The molecule has 0 fully saturated rings. The summed E-state index contributed by atoms with van der Waals surface area (Å²) < 4.78 is 0. The van der Waals surface area contributed by atoms with Crippen LogP contribution in [0, 0.1) is 0 Å². The van der Waals surface area contributed by atoms with Crippen LogP contribution in [0.5, 0.6) is 5.75 Å². The Morgan fingerprint density at radius 2 is 1.52 bits per heavy atom. The Hall–Kier alpha value is -3.44. The molecule has 0 aliphatic heterocycles. The molecule has 0 bridgehead atoms. The molecule has 3 aromatic rings. The van der Waals surface area contributed by atoms with Crippen molar-refractivity contribution in [3.8, 4) is 5.75 Å². The second kappa shape index (κ2) is 8.78. The van der Waals surface area contributed by atoms with E-state index in [-0.39, 0.29) is 11.3 Å². The number of carbonyl (C=O) groups excluding carboxylic acids is 1. The van der Waals surface area contributed by atoms with Gasteiger partial charge in [0.1, 0.15) is 5.75 Å². The molecule has 0 heterocycles. The SMILES string of the molecule is O=C(NN=Cc1ccc(C=Nc2ccc(Cl)cc2)cc1)c1ccccc1O. The Balaban J connectivity index is 1.58. The number of para-hydroxylation sites is 1. The van der Waals surface area contributed by atoms with Crippen LogP contribution < -0.4 is 5.43 Å². The first-order valence-corrected chi connectivity index (χ1v) is 8.51. The van der Waals surface area contributed by atoms with E-state index in [9.17, 15) is 9.90 Å². The summed E-state index contributed by atoms with van der Waals surface area (Å²) >= 11 is 5.85. The molecule has 0 saturated heterocycles. The predicted octanol–water partition coefficient (Wildman–Crippen LogP) is 4.56. The molecular formula is C21H16ClN3O2. The van der Waals surface area contributed by atoms with Gasteiger partial charge in [-0.05, 0) is 47.5 Å². The molecule has 0 radical (unpaired) electrons. The fourth-order valence-electron chi connectivity index (χ4n) is 2.24. The van der Waals surface area contributed by atoms with Crippen LogP contribution in [0.1, 0.15) is 21.5 Å². The number of phenols is 1. The van der Waals surface area contributed by atoms with Gasteiger partial charge in [0.25, 0.3) is 5.91 Å².